The monoisotopic (exact) mass is 463 g/mol. The summed E-state index contributed by atoms with van der Waals surface area (Å²) in [6, 6.07) is 11.6. The molecule has 0 aliphatic heterocycles. The summed E-state index contributed by atoms with van der Waals surface area (Å²) < 4.78 is 24.2. The number of sulfonamides is 1. The van der Waals surface area contributed by atoms with E-state index in [-0.39, 0.29) is 4.90 Å². The van der Waals surface area contributed by atoms with Gasteiger partial charge in [0.1, 0.15) is 0 Å². The van der Waals surface area contributed by atoms with Gasteiger partial charge in [0.25, 0.3) is 0 Å². The van der Waals surface area contributed by atoms with Gasteiger partial charge in [-0.3, -0.25) is 0 Å². The quantitative estimate of drug-likeness (QED) is 0.603. The summed E-state index contributed by atoms with van der Waals surface area (Å²) in [5.41, 5.74) is 1.46. The van der Waals surface area contributed by atoms with Crippen LogP contribution in [0.2, 0.25) is 0 Å². The fourth-order valence-corrected chi connectivity index (χ4v) is 3.49. The molecule has 0 atom stereocenters. The van der Waals surface area contributed by atoms with Crippen molar-refractivity contribution in [2.24, 2.45) is 5.14 Å². The molecule has 0 saturated heterocycles. The lowest BCUT2D eigenvalue weighted by Crippen LogP contribution is -2.19. The van der Waals surface area contributed by atoms with Crippen molar-refractivity contribution in [3.05, 3.63) is 51.4 Å². The smallest absolute Gasteiger partial charge is 0.238 e. The number of hydrogen-bond acceptors (Lipinski definition) is 3. The highest BCUT2D eigenvalue weighted by atomic mass is 79.9. The number of rotatable bonds is 3. The first-order valence-electron chi connectivity index (χ1n) is 5.91. The molecule has 0 aromatic heterocycles. The largest absolute Gasteiger partial charge is 0.332 e. The first kappa shape index (κ1) is 17.4. The zero-order valence-corrected chi connectivity index (χ0v) is 15.8. The summed E-state index contributed by atoms with van der Waals surface area (Å²) in [4.78, 5) is 0.0487. The fourth-order valence-electron chi connectivity index (χ4n) is 1.60. The van der Waals surface area contributed by atoms with Crippen molar-refractivity contribution < 1.29 is 8.42 Å². The Balaban J connectivity index is 2.06. The summed E-state index contributed by atoms with van der Waals surface area (Å²) in [6.45, 7) is 0. The molecule has 0 amide bonds. The molecule has 0 saturated carbocycles. The highest BCUT2D eigenvalue weighted by molar-refractivity contribution is 9.11. The van der Waals surface area contributed by atoms with Crippen LogP contribution in [0.3, 0.4) is 0 Å². The van der Waals surface area contributed by atoms with Crippen LogP contribution in [0, 0.1) is 0 Å². The maximum atomic E-state index is 11.2. The average molecular weight is 465 g/mol. The van der Waals surface area contributed by atoms with Crippen LogP contribution >= 0.6 is 44.1 Å². The maximum absolute atomic E-state index is 11.2. The predicted molar refractivity (Wildman–Crippen MR) is 99.5 cm³/mol. The van der Waals surface area contributed by atoms with Gasteiger partial charge < -0.3 is 10.6 Å². The lowest BCUT2D eigenvalue weighted by Gasteiger charge is -2.12. The van der Waals surface area contributed by atoms with Gasteiger partial charge in [-0.25, -0.2) is 13.6 Å². The third-order valence-electron chi connectivity index (χ3n) is 2.62. The van der Waals surface area contributed by atoms with Crippen LogP contribution in [0.5, 0.6) is 0 Å². The number of thiocarbonyl (C=S) groups is 1. The number of halogens is 2. The third-order valence-corrected chi connectivity index (χ3v) is 4.90. The Bertz CT molecular complexity index is 809. The van der Waals surface area contributed by atoms with Crippen LogP contribution in [0.1, 0.15) is 0 Å². The van der Waals surface area contributed by atoms with Crippen LogP contribution in [0.25, 0.3) is 0 Å². The molecule has 2 rings (SSSR count). The van der Waals surface area contributed by atoms with Crippen molar-refractivity contribution in [2.75, 3.05) is 10.6 Å². The van der Waals surface area contributed by atoms with Crippen LogP contribution in [-0.4, -0.2) is 13.5 Å². The van der Waals surface area contributed by atoms with E-state index in [0.29, 0.717) is 10.8 Å². The van der Waals surface area contributed by atoms with Gasteiger partial charge in [-0.05, 0) is 70.6 Å². The van der Waals surface area contributed by atoms with E-state index in [4.69, 9.17) is 17.4 Å². The number of hydrogen-bond donors (Lipinski definition) is 3. The van der Waals surface area contributed by atoms with Gasteiger partial charge in [0.05, 0.1) is 10.6 Å². The molecule has 4 N–H and O–H groups in total. The van der Waals surface area contributed by atoms with Gasteiger partial charge >= 0.3 is 0 Å². The first-order chi connectivity index (χ1) is 10.3. The molecule has 0 unspecified atom stereocenters. The second-order valence-corrected chi connectivity index (χ2v) is 8.01. The molecule has 0 heterocycles. The Kier molecular flexibility index (Phi) is 5.56. The van der Waals surface area contributed by atoms with Crippen molar-refractivity contribution >= 4 is 70.6 Å². The highest BCUT2D eigenvalue weighted by Gasteiger charge is 2.08. The number of benzene rings is 2. The van der Waals surface area contributed by atoms with E-state index in [1.54, 1.807) is 12.1 Å². The molecule has 2 aromatic rings. The fraction of sp³-hybridized carbons (Fsp3) is 0. The summed E-state index contributed by atoms with van der Waals surface area (Å²) in [5.74, 6) is 0. The average Bonchev–Trinajstić information content (AvgIpc) is 2.41. The Labute approximate surface area is 150 Å². The lowest BCUT2D eigenvalue weighted by atomic mass is 10.3. The Hall–Kier alpha value is -1.000. The zero-order valence-electron chi connectivity index (χ0n) is 11.0. The van der Waals surface area contributed by atoms with Gasteiger partial charge in [0.15, 0.2) is 5.11 Å². The molecule has 0 aliphatic rings. The van der Waals surface area contributed by atoms with Gasteiger partial charge in [-0.2, -0.15) is 0 Å². The maximum Gasteiger partial charge on any atom is 0.238 e. The zero-order chi connectivity index (χ0) is 16.3. The topological polar surface area (TPSA) is 84.2 Å². The standard InChI is InChI=1S/C13H11Br2N3O2S2/c14-8-1-6-12(11(15)7-8)18-13(21)17-9-2-4-10(5-3-9)22(16,19)20/h1-7H,(H2,16,19,20)(H2,17,18,21). The molecule has 0 aliphatic carbocycles. The van der Waals surface area contributed by atoms with E-state index in [1.807, 2.05) is 18.2 Å². The molecule has 2 aromatic carbocycles. The number of primary sulfonamides is 1. The second kappa shape index (κ2) is 7.05. The van der Waals surface area contributed by atoms with E-state index >= 15 is 0 Å². The number of nitrogens with one attached hydrogen (secondary N) is 2. The van der Waals surface area contributed by atoms with Crippen molar-refractivity contribution in [3.63, 3.8) is 0 Å². The second-order valence-electron chi connectivity index (χ2n) is 4.27. The van der Waals surface area contributed by atoms with Crippen molar-refractivity contribution in [2.45, 2.75) is 4.90 Å². The van der Waals surface area contributed by atoms with Gasteiger partial charge in [0.2, 0.25) is 10.0 Å². The van der Waals surface area contributed by atoms with E-state index in [2.05, 4.69) is 42.5 Å². The molecule has 22 heavy (non-hydrogen) atoms. The molecule has 0 fully saturated rings. The third kappa shape index (κ3) is 4.75. The summed E-state index contributed by atoms with van der Waals surface area (Å²) in [6.07, 6.45) is 0. The summed E-state index contributed by atoms with van der Waals surface area (Å²) in [5, 5.41) is 11.4. The van der Waals surface area contributed by atoms with Gasteiger partial charge in [-0.1, -0.05) is 15.9 Å². The Morgan fingerprint density at radius 1 is 1.05 bits per heavy atom. The SMILES string of the molecule is NS(=O)(=O)c1ccc(NC(=S)Nc2ccc(Br)cc2Br)cc1. The van der Waals surface area contributed by atoms with Crippen LogP contribution in [0.4, 0.5) is 11.4 Å². The minimum atomic E-state index is -3.69. The Morgan fingerprint density at radius 2 is 1.68 bits per heavy atom. The van der Waals surface area contributed by atoms with Crippen molar-refractivity contribution in [1.29, 1.82) is 0 Å². The van der Waals surface area contributed by atoms with E-state index < -0.39 is 10.0 Å². The molecule has 116 valence electrons. The minimum absolute atomic E-state index is 0.0487. The number of anilines is 2. The highest BCUT2D eigenvalue weighted by Crippen LogP contribution is 2.26. The van der Waals surface area contributed by atoms with Gasteiger partial charge in [0, 0.05) is 14.6 Å². The minimum Gasteiger partial charge on any atom is -0.332 e. The first-order valence-corrected chi connectivity index (χ1v) is 9.46. The van der Waals surface area contributed by atoms with E-state index in [9.17, 15) is 8.42 Å². The summed E-state index contributed by atoms with van der Waals surface area (Å²) >= 11 is 12.0. The van der Waals surface area contributed by atoms with E-state index in [1.165, 1.54) is 12.1 Å². The Morgan fingerprint density at radius 3 is 2.23 bits per heavy atom. The molecular weight excluding hydrogens is 454 g/mol. The molecule has 0 radical (unpaired) electrons. The number of nitrogens with two attached hydrogens (primary N) is 1. The normalized spacial score (nSPS) is 11.0. The van der Waals surface area contributed by atoms with Crippen molar-refractivity contribution in [1.82, 2.24) is 0 Å². The predicted octanol–water partition coefficient (Wildman–Crippen LogP) is 3.67. The molecule has 5 nitrogen and oxygen atoms in total. The molecule has 9 heteroatoms. The van der Waals surface area contributed by atoms with Crippen LogP contribution < -0.4 is 15.8 Å². The summed E-state index contributed by atoms with van der Waals surface area (Å²) in [7, 11) is -3.69. The van der Waals surface area contributed by atoms with Crippen LogP contribution in [-0.2, 0) is 10.0 Å². The molecule has 0 spiro atoms. The lowest BCUT2D eigenvalue weighted by molar-refractivity contribution is 0.598. The molecular formula is C13H11Br2N3O2S2. The van der Waals surface area contributed by atoms with Gasteiger partial charge in [-0.15, -0.1) is 0 Å². The van der Waals surface area contributed by atoms with Crippen molar-refractivity contribution in [3.8, 4) is 0 Å². The van der Waals surface area contributed by atoms with E-state index in [0.717, 1.165) is 14.6 Å². The molecule has 0 bridgehead atoms. The van der Waals surface area contributed by atoms with Crippen LogP contribution in [0.15, 0.2) is 56.3 Å².